The molecule has 1 atom stereocenters. The van der Waals surface area contributed by atoms with E-state index in [1.807, 2.05) is 62.1 Å². The van der Waals surface area contributed by atoms with Crippen LogP contribution in [-0.4, -0.2) is 47.9 Å². The molecular weight excluding hydrogens is 456 g/mol. The van der Waals surface area contributed by atoms with Crippen molar-refractivity contribution in [2.75, 3.05) is 26.2 Å². The first kappa shape index (κ1) is 25.0. The highest BCUT2D eigenvalue weighted by atomic mass is 32.1. The Kier molecular flexibility index (Phi) is 7.91. The van der Waals surface area contributed by atoms with Crippen LogP contribution in [0.15, 0.2) is 53.9 Å². The summed E-state index contributed by atoms with van der Waals surface area (Å²) in [6.45, 7) is 9.76. The maximum atomic E-state index is 13.6. The number of nitrogens with zero attached hydrogens (tertiary/aromatic N) is 2. The summed E-state index contributed by atoms with van der Waals surface area (Å²) in [6, 6.07) is 15.6. The number of aryl methyl sites for hydroxylation is 3. The molecule has 1 aliphatic heterocycles. The molecule has 0 radical (unpaired) electrons. The number of hydrogen-bond donors (Lipinski definition) is 0. The lowest BCUT2D eigenvalue weighted by atomic mass is 10.00. The van der Waals surface area contributed by atoms with E-state index in [4.69, 9.17) is 4.74 Å². The first-order valence-electron chi connectivity index (χ1n) is 12.3. The van der Waals surface area contributed by atoms with Gasteiger partial charge in [-0.25, -0.2) is 0 Å². The molecule has 2 aromatic carbocycles. The van der Waals surface area contributed by atoms with E-state index in [0.717, 1.165) is 35.3 Å². The third-order valence-corrected chi connectivity index (χ3v) is 7.54. The molecule has 0 aliphatic carbocycles. The van der Waals surface area contributed by atoms with Crippen molar-refractivity contribution >= 4 is 23.2 Å². The number of carbonyl (C=O) groups is 2. The summed E-state index contributed by atoms with van der Waals surface area (Å²) in [4.78, 5) is 31.7. The van der Waals surface area contributed by atoms with Gasteiger partial charge in [0.1, 0.15) is 18.9 Å². The summed E-state index contributed by atoms with van der Waals surface area (Å²) in [5, 5.41) is 2.09. The monoisotopic (exact) mass is 490 g/mol. The number of hydrogen-bond acceptors (Lipinski definition) is 4. The largest absolute Gasteiger partial charge is 0.491 e. The fourth-order valence-corrected chi connectivity index (χ4v) is 5.59. The van der Waals surface area contributed by atoms with Gasteiger partial charge in [0.05, 0.1) is 6.04 Å². The lowest BCUT2D eigenvalue weighted by Gasteiger charge is -2.37. The minimum atomic E-state index is -0.170. The van der Waals surface area contributed by atoms with E-state index in [1.165, 1.54) is 10.4 Å². The van der Waals surface area contributed by atoms with Crippen molar-refractivity contribution < 1.29 is 14.3 Å². The molecule has 2 heterocycles. The van der Waals surface area contributed by atoms with Crippen molar-refractivity contribution in [1.82, 2.24) is 9.80 Å². The second-order valence-electron chi connectivity index (χ2n) is 9.32. The van der Waals surface area contributed by atoms with Gasteiger partial charge < -0.3 is 14.5 Å². The van der Waals surface area contributed by atoms with Crippen LogP contribution in [0.25, 0.3) is 0 Å². The van der Waals surface area contributed by atoms with Crippen molar-refractivity contribution in [2.24, 2.45) is 0 Å². The van der Waals surface area contributed by atoms with Gasteiger partial charge in [-0.2, -0.15) is 0 Å². The summed E-state index contributed by atoms with van der Waals surface area (Å²) >= 11 is 1.74. The van der Waals surface area contributed by atoms with E-state index < -0.39 is 0 Å². The molecule has 0 unspecified atom stereocenters. The maximum Gasteiger partial charge on any atom is 0.254 e. The lowest BCUT2D eigenvalue weighted by Crippen LogP contribution is -2.48. The van der Waals surface area contributed by atoms with Gasteiger partial charge >= 0.3 is 0 Å². The Labute approximate surface area is 212 Å². The molecule has 2 amide bonds. The Bertz CT molecular complexity index is 1180. The van der Waals surface area contributed by atoms with E-state index in [2.05, 4.69) is 24.4 Å². The van der Waals surface area contributed by atoms with Crippen molar-refractivity contribution in [1.29, 1.82) is 0 Å². The van der Waals surface area contributed by atoms with Crippen molar-refractivity contribution in [3.8, 4) is 5.75 Å². The first-order valence-corrected chi connectivity index (χ1v) is 13.2. The zero-order chi connectivity index (χ0) is 24.9. The molecule has 0 spiro atoms. The highest BCUT2D eigenvalue weighted by Gasteiger charge is 2.33. The predicted octanol–water partition coefficient (Wildman–Crippen LogP) is 5.73. The summed E-state index contributed by atoms with van der Waals surface area (Å²) in [5.74, 6) is 0.703. The number of fused-ring (bicyclic) bond motifs is 1. The van der Waals surface area contributed by atoms with Gasteiger partial charge in [0.15, 0.2) is 0 Å². The van der Waals surface area contributed by atoms with Gasteiger partial charge in [0.25, 0.3) is 5.91 Å². The van der Waals surface area contributed by atoms with E-state index in [-0.39, 0.29) is 24.4 Å². The number of thiophene rings is 1. The van der Waals surface area contributed by atoms with Gasteiger partial charge in [-0.15, -0.1) is 11.3 Å². The zero-order valence-electron chi connectivity index (χ0n) is 21.0. The minimum absolute atomic E-state index is 0.0370. The summed E-state index contributed by atoms with van der Waals surface area (Å²) in [7, 11) is 0. The van der Waals surface area contributed by atoms with E-state index >= 15 is 0 Å². The topological polar surface area (TPSA) is 49.9 Å². The number of amides is 2. The van der Waals surface area contributed by atoms with Gasteiger partial charge in [-0.3, -0.25) is 9.59 Å². The molecule has 0 N–H and O–H groups in total. The van der Waals surface area contributed by atoms with Crippen LogP contribution < -0.4 is 4.74 Å². The van der Waals surface area contributed by atoms with E-state index in [1.54, 1.807) is 16.2 Å². The highest BCUT2D eigenvalue weighted by Crippen LogP contribution is 2.34. The van der Waals surface area contributed by atoms with E-state index in [0.29, 0.717) is 25.3 Å². The van der Waals surface area contributed by atoms with Crippen molar-refractivity contribution in [2.45, 2.75) is 46.6 Å². The molecule has 0 bridgehead atoms. The number of ether oxygens (including phenoxy) is 1. The first-order chi connectivity index (χ1) is 16.9. The lowest BCUT2D eigenvalue weighted by molar-refractivity contribution is -0.135. The van der Waals surface area contributed by atoms with Crippen molar-refractivity contribution in [3.05, 3.63) is 86.6 Å². The summed E-state index contributed by atoms with van der Waals surface area (Å²) in [6.07, 6.45) is 1.62. The molecule has 0 saturated carbocycles. The van der Waals surface area contributed by atoms with Crippen LogP contribution in [0.3, 0.4) is 0 Å². The van der Waals surface area contributed by atoms with Crippen molar-refractivity contribution in [3.63, 3.8) is 0 Å². The van der Waals surface area contributed by atoms with Crippen LogP contribution in [0.2, 0.25) is 0 Å². The second kappa shape index (κ2) is 11.1. The minimum Gasteiger partial charge on any atom is -0.491 e. The fraction of sp³-hybridized carbons (Fsp3) is 0.379. The molecule has 4 rings (SSSR count). The van der Waals surface area contributed by atoms with E-state index in [9.17, 15) is 9.59 Å². The molecule has 5 nitrogen and oxygen atoms in total. The molecule has 0 fully saturated rings. The Morgan fingerprint density at radius 3 is 2.51 bits per heavy atom. The smallest absolute Gasteiger partial charge is 0.254 e. The second-order valence-corrected chi connectivity index (χ2v) is 10.3. The molecule has 184 valence electrons. The van der Waals surface area contributed by atoms with Crippen LogP contribution in [0, 0.1) is 20.8 Å². The Balaban J connectivity index is 1.52. The predicted molar refractivity (Wildman–Crippen MR) is 141 cm³/mol. The quantitative estimate of drug-likeness (QED) is 0.405. The number of benzene rings is 2. The van der Waals surface area contributed by atoms with Crippen LogP contribution in [-0.2, 0) is 11.2 Å². The molecule has 3 aromatic rings. The van der Waals surface area contributed by atoms with Gasteiger partial charge in [0, 0.05) is 23.5 Å². The van der Waals surface area contributed by atoms with Crippen LogP contribution in [0.5, 0.6) is 5.75 Å². The normalized spacial score (nSPS) is 15.0. The summed E-state index contributed by atoms with van der Waals surface area (Å²) < 4.78 is 6.25. The molecule has 1 aliphatic rings. The third kappa shape index (κ3) is 5.76. The molecule has 35 heavy (non-hydrogen) atoms. The number of rotatable bonds is 8. The van der Waals surface area contributed by atoms with Gasteiger partial charge in [-0.05, 0) is 74.4 Å². The van der Waals surface area contributed by atoms with Crippen LogP contribution in [0.1, 0.15) is 56.9 Å². The molecule has 6 heteroatoms. The Morgan fingerprint density at radius 2 is 1.80 bits per heavy atom. The zero-order valence-corrected chi connectivity index (χ0v) is 21.9. The average Bonchev–Trinajstić information content (AvgIpc) is 3.32. The van der Waals surface area contributed by atoms with Gasteiger partial charge in [0.2, 0.25) is 5.91 Å². The molecular formula is C29H34N2O3S. The number of carbonyl (C=O) groups excluding carboxylic acids is 2. The van der Waals surface area contributed by atoms with Gasteiger partial charge in [-0.1, -0.05) is 42.3 Å². The maximum absolute atomic E-state index is 13.6. The van der Waals surface area contributed by atoms with Crippen LogP contribution >= 0.6 is 11.3 Å². The molecule has 0 saturated heterocycles. The molecule has 1 aromatic heterocycles. The Morgan fingerprint density at radius 1 is 1.06 bits per heavy atom. The SMILES string of the molecule is CCCN(CC(=O)N1CCc2sccc2[C@@H]1COc1ccc(C)cc1C)C(=O)c1ccc(C)cc1. The Hall–Kier alpha value is -3.12. The summed E-state index contributed by atoms with van der Waals surface area (Å²) in [5.41, 5.74) is 5.16. The third-order valence-electron chi connectivity index (χ3n) is 6.55. The average molecular weight is 491 g/mol. The fourth-order valence-electron chi connectivity index (χ4n) is 4.66. The standard InChI is InChI=1S/C29H34N2O3S/c1-5-14-30(29(33)23-9-6-20(2)7-10-23)18-28(32)31-15-12-27-24(13-16-35-27)25(31)19-34-26-11-8-21(3)17-22(26)4/h6-11,13,16-17,25H,5,12,14-15,18-19H2,1-4H3/t25-/m0/s1. The van der Waals surface area contributed by atoms with Crippen LogP contribution in [0.4, 0.5) is 0 Å². The highest BCUT2D eigenvalue weighted by molar-refractivity contribution is 7.10.